The minimum atomic E-state index is -1.11. The van der Waals surface area contributed by atoms with Crippen molar-refractivity contribution >= 4 is 32.5 Å². The van der Waals surface area contributed by atoms with Crippen molar-refractivity contribution in [3.8, 4) is 0 Å². The van der Waals surface area contributed by atoms with E-state index in [1.807, 2.05) is 26.0 Å². The van der Waals surface area contributed by atoms with Crippen molar-refractivity contribution in [3.63, 3.8) is 0 Å². The van der Waals surface area contributed by atoms with Gasteiger partial charge >= 0.3 is 0 Å². The second-order valence-electron chi connectivity index (χ2n) is 4.06. The predicted molar refractivity (Wildman–Crippen MR) is 75.8 cm³/mol. The molecule has 0 aliphatic rings. The maximum absolute atomic E-state index is 12.1. The Morgan fingerprint density at radius 1 is 1.29 bits per heavy atom. The van der Waals surface area contributed by atoms with Crippen molar-refractivity contribution in [1.29, 1.82) is 0 Å². The van der Waals surface area contributed by atoms with E-state index in [1.54, 1.807) is 19.1 Å². The van der Waals surface area contributed by atoms with Gasteiger partial charge in [0, 0.05) is 26.1 Å². The molecule has 1 aromatic rings. The lowest BCUT2D eigenvalue weighted by Crippen LogP contribution is -2.28. The summed E-state index contributed by atoms with van der Waals surface area (Å²) in [7, 11) is -1.11. The Morgan fingerprint density at radius 2 is 1.82 bits per heavy atom. The minimum Gasteiger partial charge on any atom is -0.293 e. The van der Waals surface area contributed by atoms with Crippen LogP contribution in [0.15, 0.2) is 28.7 Å². The summed E-state index contributed by atoms with van der Waals surface area (Å²) in [5.74, 6) is -0.0452. The van der Waals surface area contributed by atoms with Crippen LogP contribution in [0.3, 0.4) is 0 Å². The van der Waals surface area contributed by atoms with E-state index in [0.717, 1.165) is 10.9 Å². The zero-order valence-electron chi connectivity index (χ0n) is 10.3. The highest BCUT2D eigenvalue weighted by Gasteiger charge is 2.24. The summed E-state index contributed by atoms with van der Waals surface area (Å²) in [6.45, 7) is 5.65. The standard InChI is InChI=1S/C13H17BrO2S/c1-4-9(2)17(16)10(3)13(15)11-5-7-12(14)8-6-11/h5-10H,4H2,1-3H3. The van der Waals surface area contributed by atoms with Crippen molar-refractivity contribution in [1.82, 2.24) is 0 Å². The molecular formula is C13H17BrO2S. The van der Waals surface area contributed by atoms with Crippen LogP contribution < -0.4 is 0 Å². The van der Waals surface area contributed by atoms with Gasteiger partial charge in [-0.1, -0.05) is 41.9 Å². The number of hydrogen-bond donors (Lipinski definition) is 0. The average Bonchev–Trinajstić information content (AvgIpc) is 2.36. The van der Waals surface area contributed by atoms with E-state index in [0.29, 0.717) is 5.56 Å². The van der Waals surface area contributed by atoms with Crippen LogP contribution in [0.2, 0.25) is 0 Å². The van der Waals surface area contributed by atoms with Gasteiger partial charge in [0.15, 0.2) is 5.78 Å². The Balaban J connectivity index is 2.83. The highest BCUT2D eigenvalue weighted by molar-refractivity contribution is 9.10. The zero-order chi connectivity index (χ0) is 13.0. The van der Waals surface area contributed by atoms with E-state index in [1.165, 1.54) is 0 Å². The molecule has 4 heteroatoms. The van der Waals surface area contributed by atoms with Crippen molar-refractivity contribution in [3.05, 3.63) is 34.3 Å². The fraction of sp³-hybridized carbons (Fsp3) is 0.462. The van der Waals surface area contributed by atoms with Gasteiger partial charge in [0.05, 0.1) is 5.25 Å². The molecule has 2 nitrogen and oxygen atoms in total. The molecule has 0 amide bonds. The van der Waals surface area contributed by atoms with E-state index in [2.05, 4.69) is 15.9 Å². The lowest BCUT2D eigenvalue weighted by atomic mass is 10.1. The first kappa shape index (κ1) is 14.6. The topological polar surface area (TPSA) is 34.1 Å². The lowest BCUT2D eigenvalue weighted by molar-refractivity contribution is 0.0992. The summed E-state index contributed by atoms with van der Waals surface area (Å²) >= 11 is 3.32. The van der Waals surface area contributed by atoms with Gasteiger partial charge < -0.3 is 0 Å². The molecule has 0 aliphatic carbocycles. The summed E-state index contributed by atoms with van der Waals surface area (Å²) in [5.41, 5.74) is 0.623. The molecular weight excluding hydrogens is 300 g/mol. The molecule has 3 atom stereocenters. The molecule has 0 saturated carbocycles. The third kappa shape index (κ3) is 3.75. The normalized spacial score (nSPS) is 16.2. The second-order valence-corrected chi connectivity index (χ2v) is 7.15. The van der Waals surface area contributed by atoms with Crippen LogP contribution in [0.4, 0.5) is 0 Å². The van der Waals surface area contributed by atoms with Gasteiger partial charge in [-0.3, -0.25) is 9.00 Å². The molecule has 3 unspecified atom stereocenters. The quantitative estimate of drug-likeness (QED) is 0.778. The first-order valence-corrected chi connectivity index (χ1v) is 7.73. The molecule has 0 N–H and O–H groups in total. The number of hydrogen-bond acceptors (Lipinski definition) is 2. The molecule has 0 spiro atoms. The van der Waals surface area contributed by atoms with Crippen molar-refractivity contribution < 1.29 is 9.00 Å². The zero-order valence-corrected chi connectivity index (χ0v) is 12.7. The molecule has 0 aromatic heterocycles. The van der Waals surface area contributed by atoms with Gasteiger partial charge in [0.25, 0.3) is 0 Å². The molecule has 0 fully saturated rings. The number of rotatable bonds is 5. The van der Waals surface area contributed by atoms with Gasteiger partial charge in [0.1, 0.15) is 0 Å². The van der Waals surface area contributed by atoms with Crippen LogP contribution in [-0.2, 0) is 10.8 Å². The molecule has 0 saturated heterocycles. The fourth-order valence-electron chi connectivity index (χ4n) is 1.47. The summed E-state index contributed by atoms with van der Waals surface area (Å²) in [4.78, 5) is 12.1. The van der Waals surface area contributed by atoms with Crippen LogP contribution in [0.25, 0.3) is 0 Å². The van der Waals surface area contributed by atoms with Gasteiger partial charge in [-0.25, -0.2) is 0 Å². The van der Waals surface area contributed by atoms with Crippen LogP contribution in [0, 0.1) is 0 Å². The number of benzene rings is 1. The van der Waals surface area contributed by atoms with Gasteiger partial charge in [0.2, 0.25) is 0 Å². The van der Waals surface area contributed by atoms with Crippen molar-refractivity contribution in [2.24, 2.45) is 0 Å². The van der Waals surface area contributed by atoms with E-state index >= 15 is 0 Å². The van der Waals surface area contributed by atoms with Crippen LogP contribution in [0.1, 0.15) is 37.6 Å². The monoisotopic (exact) mass is 316 g/mol. The summed E-state index contributed by atoms with van der Waals surface area (Å²) in [5, 5.41) is -0.379. The first-order chi connectivity index (χ1) is 7.97. The van der Waals surface area contributed by atoms with Crippen LogP contribution in [0.5, 0.6) is 0 Å². The van der Waals surface area contributed by atoms with Crippen molar-refractivity contribution in [2.45, 2.75) is 37.7 Å². The highest BCUT2D eigenvalue weighted by atomic mass is 79.9. The molecule has 0 bridgehead atoms. The Morgan fingerprint density at radius 3 is 2.29 bits per heavy atom. The van der Waals surface area contributed by atoms with E-state index < -0.39 is 16.0 Å². The minimum absolute atomic E-state index is 0.0452. The Bertz CT molecular complexity index is 414. The van der Waals surface area contributed by atoms with Crippen LogP contribution in [-0.4, -0.2) is 20.5 Å². The van der Waals surface area contributed by atoms with E-state index in [9.17, 15) is 9.00 Å². The average molecular weight is 317 g/mol. The third-order valence-electron chi connectivity index (χ3n) is 2.82. The summed E-state index contributed by atoms with van der Waals surface area (Å²) in [6, 6.07) is 7.17. The van der Waals surface area contributed by atoms with Gasteiger partial charge in [-0.2, -0.15) is 0 Å². The third-order valence-corrected chi connectivity index (χ3v) is 5.38. The summed E-state index contributed by atoms with van der Waals surface area (Å²) < 4.78 is 13.0. The SMILES string of the molecule is CCC(C)S(=O)C(C)C(=O)c1ccc(Br)cc1. The number of Topliss-reactive ketones (excluding diaryl/α,β-unsaturated/α-hetero) is 1. The molecule has 0 radical (unpaired) electrons. The van der Waals surface area contributed by atoms with E-state index in [4.69, 9.17) is 0 Å². The summed E-state index contributed by atoms with van der Waals surface area (Å²) in [6.07, 6.45) is 0.824. The largest absolute Gasteiger partial charge is 0.293 e. The lowest BCUT2D eigenvalue weighted by Gasteiger charge is -2.15. The number of carbonyl (C=O) groups excluding carboxylic acids is 1. The first-order valence-electron chi connectivity index (χ1n) is 5.66. The smallest absolute Gasteiger partial charge is 0.178 e. The molecule has 1 rings (SSSR count). The van der Waals surface area contributed by atoms with Crippen molar-refractivity contribution in [2.75, 3.05) is 0 Å². The number of ketones is 1. The number of carbonyl (C=O) groups is 1. The highest BCUT2D eigenvalue weighted by Crippen LogP contribution is 2.16. The molecule has 94 valence electrons. The molecule has 1 aromatic carbocycles. The van der Waals surface area contributed by atoms with Gasteiger partial charge in [-0.15, -0.1) is 0 Å². The number of halogens is 1. The molecule has 0 aliphatic heterocycles. The Labute approximate surface area is 113 Å². The van der Waals surface area contributed by atoms with Crippen LogP contribution >= 0.6 is 15.9 Å². The maximum Gasteiger partial charge on any atom is 0.178 e. The molecule has 0 heterocycles. The Kier molecular flexibility index (Phi) is 5.53. The maximum atomic E-state index is 12.1. The predicted octanol–water partition coefficient (Wildman–Crippen LogP) is 3.57. The Hall–Kier alpha value is -0.480. The molecule has 17 heavy (non-hydrogen) atoms. The van der Waals surface area contributed by atoms with E-state index in [-0.39, 0.29) is 11.0 Å². The fourth-order valence-corrected chi connectivity index (χ4v) is 3.10. The van der Waals surface area contributed by atoms with Gasteiger partial charge in [-0.05, 0) is 25.5 Å². The second kappa shape index (κ2) is 6.45.